The molecule has 0 unspecified atom stereocenters. The molecule has 4 nitrogen and oxygen atoms in total. The van der Waals surface area contributed by atoms with E-state index in [9.17, 15) is 4.79 Å². The molecule has 0 aliphatic heterocycles. The lowest BCUT2D eigenvalue weighted by Gasteiger charge is -1.92. The Bertz CT molecular complexity index is 437. The van der Waals surface area contributed by atoms with E-state index in [1.54, 1.807) is 6.26 Å². The molecule has 15 heavy (non-hydrogen) atoms. The number of benzene rings is 1. The maximum absolute atomic E-state index is 10.1. The van der Waals surface area contributed by atoms with Gasteiger partial charge in [0, 0.05) is 5.56 Å². The monoisotopic (exact) mass is 202 g/mol. The summed E-state index contributed by atoms with van der Waals surface area (Å²) in [7, 11) is 0. The van der Waals surface area contributed by atoms with Crippen molar-refractivity contribution in [3.63, 3.8) is 0 Å². The second kappa shape index (κ2) is 4.41. The zero-order valence-electron chi connectivity index (χ0n) is 8.01. The number of oxazole rings is 1. The third kappa shape index (κ3) is 2.22. The Morgan fingerprint density at radius 2 is 2.13 bits per heavy atom. The summed E-state index contributed by atoms with van der Waals surface area (Å²) in [5.41, 5.74) is 1.77. The second-order valence-corrected chi connectivity index (χ2v) is 2.99. The molecule has 4 heteroatoms. The van der Waals surface area contributed by atoms with Crippen molar-refractivity contribution in [3.8, 4) is 11.3 Å². The number of aromatic nitrogens is 1. The topological polar surface area (TPSA) is 55.1 Å². The fraction of sp³-hybridized carbons (Fsp3) is 0.0909. The van der Waals surface area contributed by atoms with Crippen LogP contribution in [-0.2, 0) is 11.3 Å². The standard InChI is InChI=1S/C11H10N2O2/c14-8-12-6-11-13-10(7-15-11)9-4-2-1-3-5-9/h1-5,7-8H,6H2,(H,12,14). The fourth-order valence-corrected chi connectivity index (χ4v) is 1.26. The number of carbonyl (C=O) groups is 1. The van der Waals surface area contributed by atoms with E-state index in [0.717, 1.165) is 11.3 Å². The first-order valence-corrected chi connectivity index (χ1v) is 4.57. The van der Waals surface area contributed by atoms with Gasteiger partial charge in [0.25, 0.3) is 0 Å². The molecule has 0 spiro atoms. The van der Waals surface area contributed by atoms with Crippen LogP contribution < -0.4 is 5.32 Å². The van der Waals surface area contributed by atoms with E-state index in [1.165, 1.54) is 0 Å². The van der Waals surface area contributed by atoms with Crippen LogP contribution in [0.4, 0.5) is 0 Å². The first-order valence-electron chi connectivity index (χ1n) is 4.57. The quantitative estimate of drug-likeness (QED) is 0.766. The van der Waals surface area contributed by atoms with Gasteiger partial charge in [0.2, 0.25) is 12.3 Å². The van der Waals surface area contributed by atoms with Gasteiger partial charge in [-0.1, -0.05) is 30.3 Å². The van der Waals surface area contributed by atoms with Crippen molar-refractivity contribution in [2.45, 2.75) is 6.54 Å². The number of rotatable bonds is 4. The molecule has 1 aromatic carbocycles. The minimum atomic E-state index is 0.316. The minimum Gasteiger partial charge on any atom is -0.446 e. The molecular formula is C11H10N2O2. The maximum atomic E-state index is 10.1. The van der Waals surface area contributed by atoms with Crippen molar-refractivity contribution in [2.24, 2.45) is 0 Å². The summed E-state index contributed by atoms with van der Waals surface area (Å²) in [4.78, 5) is 14.3. The van der Waals surface area contributed by atoms with Gasteiger partial charge in [0.05, 0.1) is 6.54 Å². The zero-order valence-corrected chi connectivity index (χ0v) is 8.01. The number of amides is 1. The summed E-state index contributed by atoms with van der Waals surface area (Å²) >= 11 is 0. The van der Waals surface area contributed by atoms with Gasteiger partial charge in [-0.25, -0.2) is 4.98 Å². The van der Waals surface area contributed by atoms with E-state index >= 15 is 0 Å². The van der Waals surface area contributed by atoms with E-state index in [-0.39, 0.29) is 0 Å². The number of nitrogens with zero attached hydrogens (tertiary/aromatic N) is 1. The third-order valence-corrected chi connectivity index (χ3v) is 1.96. The first kappa shape index (κ1) is 9.45. The summed E-state index contributed by atoms with van der Waals surface area (Å²) in [5, 5.41) is 2.49. The van der Waals surface area contributed by atoms with Crippen LogP contribution in [0, 0.1) is 0 Å². The average molecular weight is 202 g/mol. The predicted octanol–water partition coefficient (Wildman–Crippen LogP) is 1.59. The van der Waals surface area contributed by atoms with Gasteiger partial charge in [-0.2, -0.15) is 0 Å². The second-order valence-electron chi connectivity index (χ2n) is 2.99. The number of hydrogen-bond donors (Lipinski definition) is 1. The van der Waals surface area contributed by atoms with Crippen molar-refractivity contribution in [2.75, 3.05) is 0 Å². The largest absolute Gasteiger partial charge is 0.446 e. The zero-order chi connectivity index (χ0) is 10.5. The number of hydrogen-bond acceptors (Lipinski definition) is 3. The third-order valence-electron chi connectivity index (χ3n) is 1.96. The SMILES string of the molecule is O=CNCc1nc(-c2ccccc2)co1. The van der Waals surface area contributed by atoms with Crippen LogP contribution >= 0.6 is 0 Å². The van der Waals surface area contributed by atoms with E-state index in [4.69, 9.17) is 4.42 Å². The molecule has 1 aromatic heterocycles. The molecule has 1 heterocycles. The van der Waals surface area contributed by atoms with Crippen LogP contribution in [0.3, 0.4) is 0 Å². The van der Waals surface area contributed by atoms with Crippen LogP contribution in [0.25, 0.3) is 11.3 Å². The molecule has 0 fully saturated rings. The molecule has 0 radical (unpaired) electrons. The first-order chi connectivity index (χ1) is 7.40. The maximum Gasteiger partial charge on any atom is 0.213 e. The number of nitrogens with one attached hydrogen (secondary N) is 1. The highest BCUT2D eigenvalue weighted by molar-refractivity contribution is 5.57. The Kier molecular flexibility index (Phi) is 2.78. The molecule has 1 amide bonds. The van der Waals surface area contributed by atoms with Gasteiger partial charge < -0.3 is 9.73 Å². The Morgan fingerprint density at radius 3 is 2.87 bits per heavy atom. The average Bonchev–Trinajstić information content (AvgIpc) is 2.76. The summed E-state index contributed by atoms with van der Waals surface area (Å²) < 4.78 is 5.19. The highest BCUT2D eigenvalue weighted by atomic mass is 16.3. The van der Waals surface area contributed by atoms with Crippen LogP contribution in [0.2, 0.25) is 0 Å². The van der Waals surface area contributed by atoms with Crippen LogP contribution in [-0.4, -0.2) is 11.4 Å². The van der Waals surface area contributed by atoms with E-state index in [2.05, 4.69) is 10.3 Å². The van der Waals surface area contributed by atoms with Crippen molar-refractivity contribution in [1.82, 2.24) is 10.3 Å². The lowest BCUT2D eigenvalue weighted by Crippen LogP contribution is -2.09. The molecule has 2 aromatic rings. The molecular weight excluding hydrogens is 192 g/mol. The Hall–Kier alpha value is -2.10. The Balaban J connectivity index is 2.17. The lowest BCUT2D eigenvalue weighted by molar-refractivity contribution is -0.109. The summed E-state index contributed by atoms with van der Waals surface area (Å²) in [6.45, 7) is 0.316. The summed E-state index contributed by atoms with van der Waals surface area (Å²) in [6.07, 6.45) is 2.20. The van der Waals surface area contributed by atoms with Gasteiger partial charge >= 0.3 is 0 Å². The molecule has 2 rings (SSSR count). The van der Waals surface area contributed by atoms with Gasteiger partial charge in [-0.15, -0.1) is 0 Å². The van der Waals surface area contributed by atoms with Crippen molar-refractivity contribution in [1.29, 1.82) is 0 Å². The van der Waals surface area contributed by atoms with Gasteiger partial charge in [-0.3, -0.25) is 4.79 Å². The van der Waals surface area contributed by atoms with Gasteiger partial charge in [-0.05, 0) is 0 Å². The molecule has 0 saturated carbocycles. The summed E-state index contributed by atoms with van der Waals surface area (Å²) in [5.74, 6) is 0.501. The number of carbonyl (C=O) groups excluding carboxylic acids is 1. The molecule has 1 N–H and O–H groups in total. The predicted molar refractivity (Wildman–Crippen MR) is 54.8 cm³/mol. The minimum absolute atomic E-state index is 0.316. The molecule has 0 aliphatic carbocycles. The van der Waals surface area contributed by atoms with Gasteiger partial charge in [0.1, 0.15) is 12.0 Å². The van der Waals surface area contributed by atoms with E-state index in [1.807, 2.05) is 30.3 Å². The molecule has 76 valence electrons. The van der Waals surface area contributed by atoms with E-state index in [0.29, 0.717) is 18.8 Å². The van der Waals surface area contributed by atoms with E-state index < -0.39 is 0 Å². The van der Waals surface area contributed by atoms with Crippen LogP contribution in [0.5, 0.6) is 0 Å². The highest BCUT2D eigenvalue weighted by Gasteiger charge is 2.04. The highest BCUT2D eigenvalue weighted by Crippen LogP contribution is 2.17. The van der Waals surface area contributed by atoms with Crippen molar-refractivity contribution >= 4 is 6.41 Å². The molecule has 0 atom stereocenters. The Morgan fingerprint density at radius 1 is 1.33 bits per heavy atom. The fourth-order valence-electron chi connectivity index (χ4n) is 1.26. The summed E-state index contributed by atoms with van der Waals surface area (Å²) in [6, 6.07) is 9.72. The van der Waals surface area contributed by atoms with Crippen molar-refractivity contribution in [3.05, 3.63) is 42.5 Å². The van der Waals surface area contributed by atoms with Crippen LogP contribution in [0.1, 0.15) is 5.89 Å². The Labute approximate surface area is 86.9 Å². The molecule has 0 saturated heterocycles. The molecule has 0 aliphatic rings. The van der Waals surface area contributed by atoms with Crippen LogP contribution in [0.15, 0.2) is 41.0 Å². The smallest absolute Gasteiger partial charge is 0.213 e. The lowest BCUT2D eigenvalue weighted by atomic mass is 10.2. The van der Waals surface area contributed by atoms with Gasteiger partial charge in [0.15, 0.2) is 0 Å². The normalized spacial score (nSPS) is 9.87. The molecule has 0 bridgehead atoms. The van der Waals surface area contributed by atoms with Crippen molar-refractivity contribution < 1.29 is 9.21 Å².